The van der Waals surface area contributed by atoms with Gasteiger partial charge in [-0.1, -0.05) is 13.8 Å². The number of piperidine rings is 1. The van der Waals surface area contributed by atoms with Crippen molar-refractivity contribution in [3.8, 4) is 0 Å². The van der Waals surface area contributed by atoms with Crippen molar-refractivity contribution in [1.29, 1.82) is 0 Å². The molecule has 2 rings (SSSR count). The van der Waals surface area contributed by atoms with Gasteiger partial charge in [0.05, 0.1) is 18.4 Å². The highest BCUT2D eigenvalue weighted by molar-refractivity contribution is 5.90. The first kappa shape index (κ1) is 15.8. The van der Waals surface area contributed by atoms with E-state index in [-0.39, 0.29) is 11.4 Å². The molecule has 2 N–H and O–H groups in total. The van der Waals surface area contributed by atoms with E-state index in [0.717, 1.165) is 18.9 Å². The number of rotatable bonds is 4. The van der Waals surface area contributed by atoms with Gasteiger partial charge in [0.25, 0.3) is 0 Å². The summed E-state index contributed by atoms with van der Waals surface area (Å²) in [5.41, 5.74) is 1.48. The highest BCUT2D eigenvalue weighted by Crippen LogP contribution is 2.30. The normalized spacial score (nSPS) is 20.9. The molecule has 5 heteroatoms. The first-order valence-corrected chi connectivity index (χ1v) is 7.47. The predicted octanol–water partition coefficient (Wildman–Crippen LogP) is 2.37. The molecule has 21 heavy (non-hydrogen) atoms. The molecule has 1 atom stereocenters. The number of carbonyl (C=O) groups excluding carboxylic acids is 1. The van der Waals surface area contributed by atoms with Crippen LogP contribution in [0.25, 0.3) is 0 Å². The zero-order valence-electron chi connectivity index (χ0n) is 13.3. The summed E-state index contributed by atoms with van der Waals surface area (Å²) >= 11 is 0. The third kappa shape index (κ3) is 3.73. The molecule has 2 heterocycles. The highest BCUT2D eigenvalue weighted by Gasteiger charge is 2.31. The number of methoxy groups -OCH3 is 1. The van der Waals surface area contributed by atoms with Gasteiger partial charge in [-0.2, -0.15) is 0 Å². The minimum Gasteiger partial charge on any atom is -0.465 e. The van der Waals surface area contributed by atoms with Gasteiger partial charge in [0.1, 0.15) is 5.82 Å². The lowest BCUT2D eigenvalue weighted by Crippen LogP contribution is -2.50. The first-order valence-electron chi connectivity index (χ1n) is 7.47. The second-order valence-electron chi connectivity index (χ2n) is 6.30. The van der Waals surface area contributed by atoms with Gasteiger partial charge in [0, 0.05) is 12.6 Å². The maximum absolute atomic E-state index is 11.5. The second-order valence-corrected chi connectivity index (χ2v) is 6.30. The molecule has 1 fully saturated rings. The highest BCUT2D eigenvalue weighted by atomic mass is 16.5. The van der Waals surface area contributed by atoms with Gasteiger partial charge in [-0.3, -0.25) is 0 Å². The molecule has 1 aromatic heterocycles. The number of hydrogen-bond acceptors (Lipinski definition) is 5. The lowest BCUT2D eigenvalue weighted by atomic mass is 9.77. The van der Waals surface area contributed by atoms with E-state index in [0.29, 0.717) is 17.3 Å². The zero-order valence-corrected chi connectivity index (χ0v) is 13.3. The van der Waals surface area contributed by atoms with Crippen molar-refractivity contribution in [2.24, 2.45) is 5.41 Å². The van der Waals surface area contributed by atoms with Crippen LogP contribution in [-0.2, 0) is 4.74 Å². The molecule has 1 saturated heterocycles. The van der Waals surface area contributed by atoms with Crippen LogP contribution in [0.3, 0.4) is 0 Å². The smallest absolute Gasteiger partial charge is 0.339 e. The summed E-state index contributed by atoms with van der Waals surface area (Å²) < 4.78 is 4.73. The Morgan fingerprint density at radius 1 is 1.52 bits per heavy atom. The summed E-state index contributed by atoms with van der Waals surface area (Å²) in [6, 6.07) is 4.01. The van der Waals surface area contributed by atoms with Crippen LogP contribution in [-0.4, -0.2) is 37.2 Å². The van der Waals surface area contributed by atoms with Gasteiger partial charge >= 0.3 is 5.97 Å². The molecule has 0 aliphatic carbocycles. The molecule has 1 aromatic rings. The summed E-state index contributed by atoms with van der Waals surface area (Å²) in [5.74, 6) is 0.449. The number of nitrogens with zero attached hydrogens (tertiary/aromatic N) is 1. The van der Waals surface area contributed by atoms with Crippen LogP contribution in [0.4, 0.5) is 5.82 Å². The lowest BCUT2D eigenvalue weighted by Gasteiger charge is -2.39. The Morgan fingerprint density at radius 3 is 2.90 bits per heavy atom. The number of pyridine rings is 1. The Morgan fingerprint density at radius 2 is 2.29 bits per heavy atom. The van der Waals surface area contributed by atoms with Crippen LogP contribution in [0, 0.1) is 12.3 Å². The molecule has 0 amide bonds. The maximum atomic E-state index is 11.5. The van der Waals surface area contributed by atoms with Crippen molar-refractivity contribution in [3.63, 3.8) is 0 Å². The largest absolute Gasteiger partial charge is 0.465 e. The minimum atomic E-state index is -0.346. The number of aryl methyl sites for hydroxylation is 1. The van der Waals surface area contributed by atoms with Gasteiger partial charge in [-0.05, 0) is 43.9 Å². The van der Waals surface area contributed by atoms with Gasteiger partial charge in [-0.25, -0.2) is 9.78 Å². The molecule has 1 aliphatic rings. The van der Waals surface area contributed by atoms with E-state index >= 15 is 0 Å². The number of esters is 1. The molecular formula is C16H25N3O2. The number of anilines is 1. The van der Waals surface area contributed by atoms with Crippen LogP contribution in [0.5, 0.6) is 0 Å². The minimum absolute atomic E-state index is 0.284. The van der Waals surface area contributed by atoms with E-state index in [2.05, 4.69) is 29.5 Å². The summed E-state index contributed by atoms with van der Waals surface area (Å²) in [6.07, 6.45) is 2.47. The third-order valence-corrected chi connectivity index (χ3v) is 4.31. The van der Waals surface area contributed by atoms with Crippen LogP contribution in [0.15, 0.2) is 12.1 Å². The van der Waals surface area contributed by atoms with Gasteiger partial charge < -0.3 is 15.4 Å². The Bertz CT molecular complexity index is 514. The van der Waals surface area contributed by atoms with Crippen molar-refractivity contribution in [2.45, 2.75) is 39.7 Å². The van der Waals surface area contributed by atoms with Crippen molar-refractivity contribution in [2.75, 3.05) is 25.5 Å². The molecular weight excluding hydrogens is 266 g/mol. The third-order valence-electron chi connectivity index (χ3n) is 4.31. The molecule has 0 saturated carbocycles. The Kier molecular flexibility index (Phi) is 4.83. The summed E-state index contributed by atoms with van der Waals surface area (Å²) in [7, 11) is 1.38. The summed E-state index contributed by atoms with van der Waals surface area (Å²) in [6.45, 7) is 8.32. The molecule has 0 radical (unpaired) electrons. The Labute approximate surface area is 126 Å². The average Bonchev–Trinajstić information content (AvgIpc) is 2.45. The van der Waals surface area contributed by atoms with Crippen LogP contribution >= 0.6 is 0 Å². The van der Waals surface area contributed by atoms with Gasteiger partial charge in [0.2, 0.25) is 0 Å². The van der Waals surface area contributed by atoms with Gasteiger partial charge in [0.15, 0.2) is 0 Å². The molecule has 116 valence electrons. The lowest BCUT2D eigenvalue weighted by molar-refractivity contribution is 0.0599. The van der Waals surface area contributed by atoms with Crippen LogP contribution in [0.1, 0.15) is 42.7 Å². The summed E-state index contributed by atoms with van der Waals surface area (Å²) in [5, 5.41) is 6.94. The summed E-state index contributed by atoms with van der Waals surface area (Å²) in [4.78, 5) is 16.0. The number of hydrogen-bond donors (Lipinski definition) is 2. The molecule has 0 aromatic carbocycles. The average molecular weight is 291 g/mol. The van der Waals surface area contributed by atoms with E-state index in [1.54, 1.807) is 6.07 Å². The van der Waals surface area contributed by atoms with E-state index in [1.165, 1.54) is 20.0 Å². The van der Waals surface area contributed by atoms with Crippen LogP contribution < -0.4 is 10.6 Å². The molecule has 5 nitrogen and oxygen atoms in total. The topological polar surface area (TPSA) is 63.2 Å². The molecule has 0 bridgehead atoms. The van der Waals surface area contributed by atoms with E-state index in [9.17, 15) is 4.79 Å². The van der Waals surface area contributed by atoms with Crippen molar-refractivity contribution in [3.05, 3.63) is 23.4 Å². The van der Waals surface area contributed by atoms with Crippen molar-refractivity contribution in [1.82, 2.24) is 10.3 Å². The predicted molar refractivity (Wildman–Crippen MR) is 83.6 cm³/mol. The standard InChI is InChI=1S/C16H25N3O2/c1-11-12(15(20)21-4)6-7-14(19-11)18-10-13-16(2,3)8-5-9-17-13/h6-7,13,17H,5,8-10H2,1-4H3,(H,18,19). The number of aromatic nitrogens is 1. The first-order chi connectivity index (χ1) is 9.94. The fraction of sp³-hybridized carbons (Fsp3) is 0.625. The van der Waals surface area contributed by atoms with Crippen molar-refractivity contribution >= 4 is 11.8 Å². The SMILES string of the molecule is COC(=O)c1ccc(NCC2NCCCC2(C)C)nc1C. The van der Waals surface area contributed by atoms with Crippen LogP contribution in [0.2, 0.25) is 0 Å². The van der Waals surface area contributed by atoms with E-state index in [4.69, 9.17) is 4.74 Å². The quantitative estimate of drug-likeness (QED) is 0.834. The van der Waals surface area contributed by atoms with Gasteiger partial charge in [-0.15, -0.1) is 0 Å². The fourth-order valence-electron chi connectivity index (χ4n) is 2.81. The fourth-order valence-corrected chi connectivity index (χ4v) is 2.81. The number of ether oxygens (including phenoxy) is 1. The molecule has 0 spiro atoms. The number of nitrogens with one attached hydrogen (secondary N) is 2. The van der Waals surface area contributed by atoms with E-state index in [1.807, 2.05) is 13.0 Å². The second kappa shape index (κ2) is 6.43. The number of carbonyl (C=O) groups is 1. The zero-order chi connectivity index (χ0) is 15.5. The molecule has 1 unspecified atom stereocenters. The Balaban J connectivity index is 2.00. The van der Waals surface area contributed by atoms with E-state index < -0.39 is 0 Å². The maximum Gasteiger partial charge on any atom is 0.339 e. The Hall–Kier alpha value is -1.62. The molecule has 1 aliphatic heterocycles. The monoisotopic (exact) mass is 291 g/mol. The van der Waals surface area contributed by atoms with Crippen molar-refractivity contribution < 1.29 is 9.53 Å².